The van der Waals surface area contributed by atoms with E-state index in [0.717, 1.165) is 45.4 Å². The molecule has 2 aliphatic heterocycles. The minimum atomic E-state index is -0.669. The van der Waals surface area contributed by atoms with Crippen molar-refractivity contribution in [3.8, 4) is 5.75 Å². The van der Waals surface area contributed by atoms with Crippen LogP contribution in [0.25, 0.3) is 0 Å². The summed E-state index contributed by atoms with van der Waals surface area (Å²) in [5, 5.41) is 3.20. The average molecular weight is 383 g/mol. The molecule has 1 aromatic rings. The molecule has 6 rings (SSSR count). The molecule has 1 spiro atoms. The van der Waals surface area contributed by atoms with Crippen LogP contribution in [0, 0.1) is 17.3 Å². The Morgan fingerprint density at radius 3 is 2.71 bits per heavy atom. The molecule has 0 radical (unpaired) electrons. The second kappa shape index (κ2) is 6.21. The molecule has 3 saturated carbocycles. The summed E-state index contributed by atoms with van der Waals surface area (Å²) < 4.78 is 6.45. The molecule has 3 aliphatic carbocycles. The molecule has 0 aromatic heterocycles. The van der Waals surface area contributed by atoms with Gasteiger partial charge in [-0.3, -0.25) is 9.59 Å². The molecule has 28 heavy (non-hydrogen) atoms. The lowest BCUT2D eigenvalue weighted by molar-refractivity contribution is -0.175. The number of carbonyl (C=O) groups excluding carboxylic acids is 2. The maximum absolute atomic E-state index is 13.4. The van der Waals surface area contributed by atoms with Crippen molar-refractivity contribution < 1.29 is 14.3 Å². The monoisotopic (exact) mass is 383 g/mol. The van der Waals surface area contributed by atoms with Crippen LogP contribution in [-0.2, 0) is 4.79 Å². The maximum Gasteiger partial charge on any atom is 0.258 e. The van der Waals surface area contributed by atoms with Crippen molar-refractivity contribution in [2.24, 2.45) is 17.3 Å². The smallest absolute Gasteiger partial charge is 0.258 e. The fraction of sp³-hybridized carbons (Fsp3) is 0.636. The summed E-state index contributed by atoms with van der Waals surface area (Å²) in [5.41, 5.74) is -0.212. The Morgan fingerprint density at radius 2 is 1.96 bits per heavy atom. The van der Waals surface area contributed by atoms with Crippen LogP contribution in [-0.4, -0.2) is 60.6 Å². The summed E-state index contributed by atoms with van der Waals surface area (Å²) in [4.78, 5) is 30.5. The summed E-state index contributed by atoms with van der Waals surface area (Å²) in [7, 11) is 2.11. The van der Waals surface area contributed by atoms with E-state index in [4.69, 9.17) is 4.74 Å². The Morgan fingerprint density at radius 1 is 1.21 bits per heavy atom. The van der Waals surface area contributed by atoms with Gasteiger partial charge in [0.2, 0.25) is 5.91 Å². The molecule has 6 nitrogen and oxygen atoms in total. The number of nitrogens with zero attached hydrogens (tertiary/aromatic N) is 2. The first kappa shape index (κ1) is 18.0. The van der Waals surface area contributed by atoms with E-state index in [1.54, 1.807) is 6.07 Å². The Balaban J connectivity index is 1.40. The number of nitrogens with one attached hydrogen (secondary N) is 1. The zero-order valence-corrected chi connectivity index (χ0v) is 16.7. The molecule has 1 aromatic carbocycles. The maximum atomic E-state index is 13.4. The number of rotatable bonds is 1. The van der Waals surface area contributed by atoms with E-state index in [1.807, 2.05) is 18.2 Å². The van der Waals surface area contributed by atoms with Crippen molar-refractivity contribution in [1.82, 2.24) is 15.1 Å². The fourth-order valence-electron chi connectivity index (χ4n) is 5.88. The van der Waals surface area contributed by atoms with E-state index in [1.165, 1.54) is 0 Å². The molecule has 2 amide bonds. The van der Waals surface area contributed by atoms with Gasteiger partial charge in [-0.1, -0.05) is 19.1 Å². The lowest BCUT2D eigenvalue weighted by Gasteiger charge is -2.60. The van der Waals surface area contributed by atoms with Gasteiger partial charge in [0.15, 0.2) is 5.72 Å². The topological polar surface area (TPSA) is 61.9 Å². The number of hydrogen-bond donors (Lipinski definition) is 1. The molecule has 5 aliphatic rings. The van der Waals surface area contributed by atoms with Gasteiger partial charge in [-0.15, -0.1) is 0 Å². The number of benzene rings is 1. The third-order valence-electron chi connectivity index (χ3n) is 7.61. The SMILES string of the molecule is CN1CCN(C(=O)C2CC3CCC2(C)CC32NC(=O)c3ccccc3O2)CC1. The summed E-state index contributed by atoms with van der Waals surface area (Å²) >= 11 is 0. The average Bonchev–Trinajstić information content (AvgIpc) is 2.67. The minimum Gasteiger partial charge on any atom is -0.467 e. The predicted molar refractivity (Wildman–Crippen MR) is 105 cm³/mol. The van der Waals surface area contributed by atoms with Gasteiger partial charge in [0, 0.05) is 44.4 Å². The predicted octanol–water partition coefficient (Wildman–Crippen LogP) is 2.11. The number of hydrogen-bond acceptors (Lipinski definition) is 4. The van der Waals surface area contributed by atoms with Crippen LogP contribution in [0.1, 0.15) is 43.0 Å². The van der Waals surface area contributed by atoms with E-state index in [-0.39, 0.29) is 23.2 Å². The third-order valence-corrected chi connectivity index (χ3v) is 7.61. The van der Waals surface area contributed by atoms with Crippen LogP contribution >= 0.6 is 0 Å². The van der Waals surface area contributed by atoms with Crippen LogP contribution in [0.4, 0.5) is 0 Å². The fourth-order valence-corrected chi connectivity index (χ4v) is 5.88. The molecule has 6 heteroatoms. The summed E-state index contributed by atoms with van der Waals surface area (Å²) in [5.74, 6) is 1.12. The first-order valence-electron chi connectivity index (χ1n) is 10.5. The lowest BCUT2D eigenvalue weighted by atomic mass is 9.52. The molecule has 4 unspecified atom stereocenters. The van der Waals surface area contributed by atoms with Crippen molar-refractivity contribution >= 4 is 11.8 Å². The summed E-state index contributed by atoms with van der Waals surface area (Å²) in [6.45, 7) is 5.74. The second-order valence-electron chi connectivity index (χ2n) is 9.43. The van der Waals surface area contributed by atoms with Gasteiger partial charge in [-0.05, 0) is 43.9 Å². The molecule has 4 atom stereocenters. The highest BCUT2D eigenvalue weighted by Gasteiger charge is 2.62. The number of piperazine rings is 1. The van der Waals surface area contributed by atoms with Crippen molar-refractivity contribution in [2.45, 2.75) is 38.3 Å². The Hall–Kier alpha value is -2.08. The quantitative estimate of drug-likeness (QED) is 0.807. The minimum absolute atomic E-state index is 0.0259. The first-order chi connectivity index (χ1) is 13.4. The van der Waals surface area contributed by atoms with Crippen LogP contribution < -0.4 is 10.1 Å². The number of ether oxygens (including phenoxy) is 1. The molecule has 2 bridgehead atoms. The van der Waals surface area contributed by atoms with Gasteiger partial charge in [0.05, 0.1) is 5.56 Å². The van der Waals surface area contributed by atoms with Gasteiger partial charge in [0.25, 0.3) is 5.91 Å². The van der Waals surface area contributed by atoms with Crippen molar-refractivity contribution in [3.05, 3.63) is 29.8 Å². The van der Waals surface area contributed by atoms with E-state index in [9.17, 15) is 9.59 Å². The van der Waals surface area contributed by atoms with Crippen LogP contribution in [0.5, 0.6) is 5.75 Å². The van der Waals surface area contributed by atoms with Gasteiger partial charge in [-0.2, -0.15) is 0 Å². The van der Waals surface area contributed by atoms with Gasteiger partial charge >= 0.3 is 0 Å². The lowest BCUT2D eigenvalue weighted by Crippen LogP contribution is -2.69. The van der Waals surface area contributed by atoms with Gasteiger partial charge in [-0.25, -0.2) is 0 Å². The number of carbonyl (C=O) groups is 2. The molecule has 4 fully saturated rings. The van der Waals surface area contributed by atoms with Crippen LogP contribution in [0.3, 0.4) is 0 Å². The van der Waals surface area contributed by atoms with Gasteiger partial charge < -0.3 is 19.9 Å². The number of amides is 2. The highest BCUT2D eigenvalue weighted by molar-refractivity contribution is 5.98. The zero-order chi connectivity index (χ0) is 19.5. The highest BCUT2D eigenvalue weighted by Crippen LogP contribution is 2.59. The molecule has 1 saturated heterocycles. The number of para-hydroxylation sites is 1. The largest absolute Gasteiger partial charge is 0.467 e. The number of fused-ring (bicyclic) bond motifs is 3. The molecular formula is C22H29N3O3. The molecule has 2 heterocycles. The Bertz CT molecular complexity index is 819. The summed E-state index contributed by atoms with van der Waals surface area (Å²) in [6.07, 6.45) is 3.51. The standard InChI is InChI=1S/C22H29N3O3/c1-21-8-7-15(13-17(21)20(27)25-11-9-24(2)10-12-25)22(14-21)23-19(26)16-5-3-4-6-18(16)28-22/h3-6,15,17H,7-14H2,1-2H3,(H,23,26). The highest BCUT2D eigenvalue weighted by atomic mass is 16.5. The van der Waals surface area contributed by atoms with E-state index in [0.29, 0.717) is 23.6 Å². The van der Waals surface area contributed by atoms with E-state index < -0.39 is 5.72 Å². The van der Waals surface area contributed by atoms with Crippen molar-refractivity contribution in [3.63, 3.8) is 0 Å². The van der Waals surface area contributed by atoms with Crippen molar-refractivity contribution in [2.75, 3.05) is 33.2 Å². The molecule has 1 N–H and O–H groups in total. The van der Waals surface area contributed by atoms with E-state index in [2.05, 4.69) is 29.1 Å². The second-order valence-corrected chi connectivity index (χ2v) is 9.43. The van der Waals surface area contributed by atoms with Crippen LogP contribution in [0.15, 0.2) is 24.3 Å². The van der Waals surface area contributed by atoms with Crippen molar-refractivity contribution in [1.29, 1.82) is 0 Å². The summed E-state index contributed by atoms with van der Waals surface area (Å²) in [6, 6.07) is 7.46. The number of likely N-dealkylation sites (N-methyl/N-ethyl adjacent to an activating group) is 1. The zero-order valence-electron chi connectivity index (χ0n) is 16.7. The third kappa shape index (κ3) is 2.65. The van der Waals surface area contributed by atoms with Gasteiger partial charge in [0.1, 0.15) is 5.75 Å². The van der Waals surface area contributed by atoms with E-state index >= 15 is 0 Å². The first-order valence-corrected chi connectivity index (χ1v) is 10.5. The molecule has 150 valence electrons. The van der Waals surface area contributed by atoms with Crippen LogP contribution in [0.2, 0.25) is 0 Å². The Kier molecular flexibility index (Phi) is 3.99. The molecular weight excluding hydrogens is 354 g/mol. The normalized spacial score (nSPS) is 37.4. The Labute approximate surface area is 166 Å².